The third-order valence-electron chi connectivity index (χ3n) is 8.32. The summed E-state index contributed by atoms with van der Waals surface area (Å²) in [6, 6.07) is 14.8. The number of para-hydroxylation sites is 1. The van der Waals surface area contributed by atoms with Gasteiger partial charge in [-0.15, -0.1) is 0 Å². The second-order valence-corrected chi connectivity index (χ2v) is 11.8. The van der Waals surface area contributed by atoms with Gasteiger partial charge in [0.25, 0.3) is 0 Å². The topological polar surface area (TPSA) is 85.5 Å². The predicted octanol–water partition coefficient (Wildman–Crippen LogP) is 8.57. The standard InChI is InChI=1S/C31H26Cl2N2O4/c32-21-5-3-6-22(33)26(21)28-25(29(39-35-28)17-8-9-17)19-15-31(16-19)12-10-20(11-13-31)38-24-14-18-4-1-2-7-23(18)34-27(24)30(36)37/h1-7,14-15,17,20H,8-13,16H2,(H,36,37). The average molecular weight is 561 g/mol. The lowest BCUT2D eigenvalue weighted by atomic mass is 9.61. The Bertz CT molecular complexity index is 1630. The Morgan fingerprint density at radius 1 is 1.00 bits per heavy atom. The van der Waals surface area contributed by atoms with Gasteiger partial charge < -0.3 is 14.4 Å². The molecule has 8 heteroatoms. The van der Waals surface area contributed by atoms with Gasteiger partial charge in [0, 0.05) is 22.4 Å². The second kappa shape index (κ2) is 9.39. The van der Waals surface area contributed by atoms with Crippen molar-refractivity contribution in [1.82, 2.24) is 10.1 Å². The summed E-state index contributed by atoms with van der Waals surface area (Å²) in [7, 11) is 0. The molecule has 2 aromatic heterocycles. The van der Waals surface area contributed by atoms with E-state index in [4.69, 9.17) is 32.5 Å². The van der Waals surface area contributed by atoms with E-state index < -0.39 is 5.97 Å². The number of carboxylic acid groups (broad SMARTS) is 1. The van der Waals surface area contributed by atoms with Crippen LogP contribution in [-0.4, -0.2) is 27.3 Å². The first-order valence-corrected chi connectivity index (χ1v) is 14.1. The Morgan fingerprint density at radius 2 is 1.72 bits per heavy atom. The van der Waals surface area contributed by atoms with E-state index in [-0.39, 0.29) is 17.2 Å². The highest BCUT2D eigenvalue weighted by molar-refractivity contribution is 6.39. The van der Waals surface area contributed by atoms with Gasteiger partial charge in [0.05, 0.1) is 21.7 Å². The van der Waals surface area contributed by atoms with Crippen LogP contribution in [0.4, 0.5) is 0 Å². The fourth-order valence-electron chi connectivity index (χ4n) is 6.14. The van der Waals surface area contributed by atoms with Crippen LogP contribution in [0.15, 0.2) is 59.1 Å². The molecule has 1 spiro atoms. The summed E-state index contributed by atoms with van der Waals surface area (Å²) in [6.07, 6.45) is 9.12. The summed E-state index contributed by atoms with van der Waals surface area (Å²) < 4.78 is 12.1. The van der Waals surface area contributed by atoms with Crippen molar-refractivity contribution in [3.8, 4) is 17.0 Å². The summed E-state index contributed by atoms with van der Waals surface area (Å²) in [4.78, 5) is 16.2. The molecular formula is C31H26Cl2N2O4. The van der Waals surface area contributed by atoms with Crippen LogP contribution in [0.5, 0.6) is 5.75 Å². The molecule has 0 bridgehead atoms. The van der Waals surface area contributed by atoms with Crippen molar-refractivity contribution in [1.29, 1.82) is 0 Å². The number of pyridine rings is 1. The Balaban J connectivity index is 1.12. The third-order valence-corrected chi connectivity index (χ3v) is 8.95. The molecule has 2 aromatic carbocycles. The third kappa shape index (κ3) is 4.40. The number of allylic oxidation sites excluding steroid dienone is 2. The number of ether oxygens (including phenoxy) is 1. The van der Waals surface area contributed by atoms with Crippen LogP contribution in [0.1, 0.15) is 72.7 Å². The van der Waals surface area contributed by atoms with Crippen LogP contribution in [0, 0.1) is 5.41 Å². The van der Waals surface area contributed by atoms with E-state index in [2.05, 4.69) is 16.2 Å². The molecule has 0 atom stereocenters. The first-order valence-electron chi connectivity index (χ1n) is 13.4. The van der Waals surface area contributed by atoms with E-state index in [9.17, 15) is 9.90 Å². The predicted molar refractivity (Wildman–Crippen MR) is 151 cm³/mol. The molecule has 4 aromatic rings. The Hall–Kier alpha value is -3.35. The van der Waals surface area contributed by atoms with E-state index in [1.54, 1.807) is 6.07 Å². The first-order chi connectivity index (χ1) is 18.9. The van der Waals surface area contributed by atoms with E-state index in [1.807, 2.05) is 42.5 Å². The zero-order chi connectivity index (χ0) is 26.7. The maximum absolute atomic E-state index is 11.9. The highest BCUT2D eigenvalue weighted by Gasteiger charge is 2.44. The number of rotatable bonds is 6. The number of hydrogen-bond acceptors (Lipinski definition) is 5. The Kier molecular flexibility index (Phi) is 5.94. The van der Waals surface area contributed by atoms with Crippen molar-refractivity contribution >= 4 is 45.6 Å². The summed E-state index contributed by atoms with van der Waals surface area (Å²) in [5.41, 5.74) is 4.48. The van der Waals surface area contributed by atoms with Gasteiger partial charge in [-0.2, -0.15) is 0 Å². The first kappa shape index (κ1) is 24.7. The van der Waals surface area contributed by atoms with E-state index in [1.165, 1.54) is 5.57 Å². The average Bonchev–Trinajstić information content (AvgIpc) is 3.67. The van der Waals surface area contributed by atoms with Gasteiger partial charge in [-0.3, -0.25) is 0 Å². The summed E-state index contributed by atoms with van der Waals surface area (Å²) in [6.45, 7) is 0. The molecule has 1 N–H and O–H groups in total. The molecule has 7 rings (SSSR count). The van der Waals surface area contributed by atoms with Crippen LogP contribution >= 0.6 is 23.2 Å². The van der Waals surface area contributed by atoms with Crippen molar-refractivity contribution in [2.24, 2.45) is 5.41 Å². The number of aromatic nitrogens is 2. The van der Waals surface area contributed by atoms with Gasteiger partial charge in [0.15, 0.2) is 11.4 Å². The van der Waals surface area contributed by atoms with E-state index in [0.29, 0.717) is 27.2 Å². The normalized spacial score (nSPS) is 22.5. The number of halogens is 2. The summed E-state index contributed by atoms with van der Waals surface area (Å²) >= 11 is 13.1. The number of carboxylic acids is 1. The fraction of sp³-hybridized carbons (Fsp3) is 0.323. The molecule has 39 heavy (non-hydrogen) atoms. The van der Waals surface area contributed by atoms with Gasteiger partial charge in [-0.05, 0) is 80.2 Å². The molecule has 0 aliphatic heterocycles. The molecule has 0 unspecified atom stereocenters. The van der Waals surface area contributed by atoms with E-state index in [0.717, 1.165) is 72.9 Å². The minimum atomic E-state index is -1.08. The van der Waals surface area contributed by atoms with Crippen LogP contribution in [0.2, 0.25) is 10.0 Å². The van der Waals surface area contributed by atoms with E-state index >= 15 is 0 Å². The quantitative estimate of drug-likeness (QED) is 0.254. The summed E-state index contributed by atoms with van der Waals surface area (Å²) in [5, 5.41) is 16.2. The molecule has 6 nitrogen and oxygen atoms in total. The van der Waals surface area contributed by atoms with Crippen LogP contribution in [0.3, 0.4) is 0 Å². The van der Waals surface area contributed by atoms with Crippen LogP contribution < -0.4 is 4.74 Å². The monoisotopic (exact) mass is 560 g/mol. The minimum absolute atomic E-state index is 0.0364. The van der Waals surface area contributed by atoms with Crippen molar-refractivity contribution in [3.63, 3.8) is 0 Å². The molecule has 2 saturated carbocycles. The Morgan fingerprint density at radius 3 is 2.41 bits per heavy atom. The van der Waals surface area contributed by atoms with Gasteiger partial charge in [-0.1, -0.05) is 58.7 Å². The van der Waals surface area contributed by atoms with Gasteiger partial charge in [0.2, 0.25) is 0 Å². The molecule has 0 radical (unpaired) electrons. The van der Waals surface area contributed by atoms with Gasteiger partial charge in [-0.25, -0.2) is 9.78 Å². The lowest BCUT2D eigenvalue weighted by Crippen LogP contribution is -2.35. The number of aromatic carboxylic acids is 1. The maximum atomic E-state index is 11.9. The SMILES string of the molecule is O=C(O)c1nc2ccccc2cc1OC1CCC2(C=C(c3c(-c4c(Cl)cccc4Cl)noc3C3CC3)C2)CC1. The maximum Gasteiger partial charge on any atom is 0.358 e. The van der Waals surface area contributed by atoms with Gasteiger partial charge >= 0.3 is 5.97 Å². The highest BCUT2D eigenvalue weighted by atomic mass is 35.5. The smallest absolute Gasteiger partial charge is 0.358 e. The molecule has 198 valence electrons. The number of hydrogen-bond donors (Lipinski definition) is 1. The van der Waals surface area contributed by atoms with Crippen molar-refractivity contribution < 1.29 is 19.2 Å². The highest BCUT2D eigenvalue weighted by Crippen LogP contribution is 2.57. The summed E-state index contributed by atoms with van der Waals surface area (Å²) in [5.74, 6) is 0.614. The molecule has 0 saturated heterocycles. The molecule has 2 heterocycles. The Labute approximate surface area is 235 Å². The number of nitrogens with zero attached hydrogens (tertiary/aromatic N) is 2. The number of carbonyl (C=O) groups is 1. The molecule has 3 aliphatic carbocycles. The molecule has 0 amide bonds. The van der Waals surface area contributed by atoms with Crippen LogP contribution in [0.25, 0.3) is 27.7 Å². The van der Waals surface area contributed by atoms with Crippen LogP contribution in [-0.2, 0) is 0 Å². The lowest BCUT2D eigenvalue weighted by molar-refractivity contribution is 0.0667. The minimum Gasteiger partial charge on any atom is -0.488 e. The van der Waals surface area contributed by atoms with Crippen molar-refractivity contribution in [3.05, 3.63) is 81.7 Å². The number of fused-ring (bicyclic) bond motifs is 1. The van der Waals surface area contributed by atoms with Crippen molar-refractivity contribution in [2.45, 2.75) is 57.0 Å². The fourth-order valence-corrected chi connectivity index (χ4v) is 6.71. The molecule has 3 aliphatic rings. The zero-order valence-corrected chi connectivity index (χ0v) is 22.6. The van der Waals surface area contributed by atoms with Gasteiger partial charge in [0.1, 0.15) is 11.5 Å². The lowest BCUT2D eigenvalue weighted by Gasteiger charge is -2.45. The molecular weight excluding hydrogens is 535 g/mol. The second-order valence-electron chi connectivity index (χ2n) is 11.0. The number of benzene rings is 2. The largest absolute Gasteiger partial charge is 0.488 e. The zero-order valence-electron chi connectivity index (χ0n) is 21.1. The molecule has 2 fully saturated rings. The van der Waals surface area contributed by atoms with Crippen molar-refractivity contribution in [2.75, 3.05) is 0 Å².